The number of phenols is 1. The first kappa shape index (κ1) is 16.6. The number of hydrogen-bond donors (Lipinski definition) is 2. The number of amidine groups is 1. The van der Waals surface area contributed by atoms with Crippen molar-refractivity contribution in [2.45, 2.75) is 63.3 Å². The van der Waals surface area contributed by atoms with Crippen LogP contribution in [-0.2, 0) is 6.54 Å². The molecule has 23 heavy (non-hydrogen) atoms. The van der Waals surface area contributed by atoms with E-state index in [1.54, 1.807) is 6.07 Å². The van der Waals surface area contributed by atoms with Gasteiger partial charge in [-0.3, -0.25) is 4.99 Å². The van der Waals surface area contributed by atoms with Crippen LogP contribution in [0, 0.1) is 11.7 Å². The van der Waals surface area contributed by atoms with E-state index in [2.05, 4.69) is 31.1 Å². The summed E-state index contributed by atoms with van der Waals surface area (Å²) in [5.74, 6) is -0.0861. The molecule has 1 aromatic rings. The molecule has 0 unspecified atom stereocenters. The molecule has 5 heteroatoms. The Kier molecular flexibility index (Phi) is 4.34. The van der Waals surface area contributed by atoms with E-state index in [1.165, 1.54) is 37.8 Å². The Morgan fingerprint density at radius 1 is 1.35 bits per heavy atom. The Morgan fingerprint density at radius 3 is 2.70 bits per heavy atom. The Bertz CT molecular complexity index is 621. The van der Waals surface area contributed by atoms with Gasteiger partial charge in [0.15, 0.2) is 16.7 Å². The number of aliphatic imine (C=N–C) groups is 1. The van der Waals surface area contributed by atoms with Crippen molar-refractivity contribution in [2.75, 3.05) is 0 Å². The maximum atomic E-state index is 13.4. The standard InChI is InChI=1S/C18H25FN2OS/c1-12-6-8-18(9-7-12)17(2,3)21-16(23-18)20-11-13-4-5-15(22)14(19)10-13/h4-5,10,12,22H,6-9,11H2,1-3H3,(H,20,21). The molecule has 3 rings (SSSR count). The summed E-state index contributed by atoms with van der Waals surface area (Å²) in [7, 11) is 0. The number of benzene rings is 1. The van der Waals surface area contributed by atoms with Gasteiger partial charge in [0.05, 0.1) is 6.54 Å². The third-order valence-electron chi connectivity index (χ3n) is 5.35. The molecule has 2 aliphatic rings. The van der Waals surface area contributed by atoms with E-state index in [-0.39, 0.29) is 16.0 Å². The van der Waals surface area contributed by atoms with E-state index < -0.39 is 5.82 Å². The summed E-state index contributed by atoms with van der Waals surface area (Å²) in [4.78, 5) is 4.65. The topological polar surface area (TPSA) is 44.6 Å². The minimum absolute atomic E-state index is 0.0246. The predicted octanol–water partition coefficient (Wildman–Crippen LogP) is 4.45. The van der Waals surface area contributed by atoms with Crippen molar-refractivity contribution >= 4 is 16.9 Å². The maximum Gasteiger partial charge on any atom is 0.165 e. The molecule has 1 aromatic carbocycles. The predicted molar refractivity (Wildman–Crippen MR) is 94.4 cm³/mol. The zero-order valence-electron chi connectivity index (χ0n) is 14.0. The fraction of sp³-hybridized carbons (Fsp3) is 0.611. The van der Waals surface area contributed by atoms with Crippen LogP contribution in [0.5, 0.6) is 5.75 Å². The zero-order chi connectivity index (χ0) is 16.7. The van der Waals surface area contributed by atoms with Gasteiger partial charge in [-0.05, 0) is 63.1 Å². The van der Waals surface area contributed by atoms with Gasteiger partial charge >= 0.3 is 0 Å². The fourth-order valence-corrected chi connectivity index (χ4v) is 5.11. The number of hydrogen-bond acceptors (Lipinski definition) is 3. The van der Waals surface area contributed by atoms with E-state index in [0.29, 0.717) is 6.54 Å². The lowest BCUT2D eigenvalue weighted by Gasteiger charge is -2.43. The first-order chi connectivity index (χ1) is 10.8. The largest absolute Gasteiger partial charge is 0.505 e. The first-order valence-corrected chi connectivity index (χ1v) is 9.12. The number of nitrogens with one attached hydrogen (secondary N) is 1. The van der Waals surface area contributed by atoms with Crippen LogP contribution in [0.1, 0.15) is 52.0 Å². The molecule has 3 nitrogen and oxygen atoms in total. The average molecular weight is 336 g/mol. The molecule has 126 valence electrons. The Morgan fingerprint density at radius 2 is 2.04 bits per heavy atom. The number of halogens is 1. The number of rotatable bonds is 2. The van der Waals surface area contributed by atoms with Gasteiger partial charge in [-0.1, -0.05) is 24.8 Å². The van der Waals surface area contributed by atoms with Crippen molar-refractivity contribution in [3.8, 4) is 5.75 Å². The van der Waals surface area contributed by atoms with Crippen LogP contribution < -0.4 is 5.32 Å². The number of phenolic OH excluding ortho intramolecular Hbond substituents is 1. The zero-order valence-corrected chi connectivity index (χ0v) is 14.8. The number of thioether (sulfide) groups is 1. The third kappa shape index (κ3) is 3.21. The summed E-state index contributed by atoms with van der Waals surface area (Å²) in [6, 6.07) is 4.45. The van der Waals surface area contributed by atoms with Gasteiger partial charge < -0.3 is 10.4 Å². The second kappa shape index (κ2) is 6.00. The van der Waals surface area contributed by atoms with Crippen molar-refractivity contribution in [3.05, 3.63) is 29.6 Å². The molecule has 1 spiro atoms. The van der Waals surface area contributed by atoms with Crippen LogP contribution in [0.25, 0.3) is 0 Å². The van der Waals surface area contributed by atoms with Crippen molar-refractivity contribution < 1.29 is 9.50 Å². The molecule has 0 radical (unpaired) electrons. The highest BCUT2D eigenvalue weighted by Crippen LogP contribution is 2.52. The molecule has 0 amide bonds. The van der Waals surface area contributed by atoms with Crippen molar-refractivity contribution in [2.24, 2.45) is 10.9 Å². The molecule has 0 atom stereocenters. The minimum atomic E-state index is -0.590. The van der Waals surface area contributed by atoms with Crippen molar-refractivity contribution in [1.29, 1.82) is 0 Å². The Hall–Kier alpha value is -1.23. The summed E-state index contributed by atoms with van der Waals surface area (Å²) >= 11 is 1.87. The van der Waals surface area contributed by atoms with E-state index in [9.17, 15) is 9.50 Å². The summed E-state index contributed by atoms with van der Waals surface area (Å²) in [5, 5.41) is 13.8. The fourth-order valence-electron chi connectivity index (χ4n) is 3.56. The molecule has 0 aromatic heterocycles. The number of aromatic hydroxyl groups is 1. The molecular weight excluding hydrogens is 311 g/mol. The van der Waals surface area contributed by atoms with Crippen LogP contribution in [0.4, 0.5) is 4.39 Å². The van der Waals surface area contributed by atoms with Crippen LogP contribution in [0.2, 0.25) is 0 Å². The lowest BCUT2D eigenvalue weighted by molar-refractivity contribution is 0.231. The van der Waals surface area contributed by atoms with Gasteiger partial charge in [-0.15, -0.1) is 0 Å². The molecular formula is C18H25FN2OS. The van der Waals surface area contributed by atoms with Crippen LogP contribution in [-0.4, -0.2) is 20.6 Å². The number of nitrogens with zero attached hydrogens (tertiary/aromatic N) is 1. The Balaban J connectivity index is 1.73. The Labute approximate surface area is 141 Å². The van der Waals surface area contributed by atoms with Gasteiger partial charge in [0.25, 0.3) is 0 Å². The third-order valence-corrected chi connectivity index (χ3v) is 7.08. The SMILES string of the molecule is CC1CCC2(CC1)SC(=NCc1ccc(O)c(F)c1)NC2(C)C. The smallest absolute Gasteiger partial charge is 0.165 e. The monoisotopic (exact) mass is 336 g/mol. The molecule has 1 saturated carbocycles. The molecule has 0 bridgehead atoms. The first-order valence-electron chi connectivity index (χ1n) is 8.30. The molecule has 1 heterocycles. The van der Waals surface area contributed by atoms with E-state index >= 15 is 0 Å². The van der Waals surface area contributed by atoms with Gasteiger partial charge in [-0.25, -0.2) is 4.39 Å². The maximum absolute atomic E-state index is 13.4. The van der Waals surface area contributed by atoms with E-state index in [1.807, 2.05) is 11.8 Å². The molecule has 1 aliphatic heterocycles. The van der Waals surface area contributed by atoms with Gasteiger partial charge in [-0.2, -0.15) is 0 Å². The minimum Gasteiger partial charge on any atom is -0.505 e. The van der Waals surface area contributed by atoms with Gasteiger partial charge in [0.1, 0.15) is 0 Å². The van der Waals surface area contributed by atoms with E-state index in [0.717, 1.165) is 16.6 Å². The summed E-state index contributed by atoms with van der Waals surface area (Å²) < 4.78 is 13.6. The summed E-state index contributed by atoms with van der Waals surface area (Å²) in [6.45, 7) is 7.29. The second-order valence-corrected chi connectivity index (χ2v) is 8.81. The van der Waals surface area contributed by atoms with E-state index in [4.69, 9.17) is 0 Å². The van der Waals surface area contributed by atoms with Gasteiger partial charge in [0.2, 0.25) is 0 Å². The second-order valence-electron chi connectivity index (χ2n) is 7.44. The summed E-state index contributed by atoms with van der Waals surface area (Å²) in [6.07, 6.45) is 4.97. The van der Waals surface area contributed by atoms with Gasteiger partial charge in [0, 0.05) is 10.3 Å². The molecule has 2 N–H and O–H groups in total. The lowest BCUT2D eigenvalue weighted by atomic mass is 9.73. The molecule has 1 saturated heterocycles. The average Bonchev–Trinajstić information content (AvgIpc) is 2.74. The highest BCUT2D eigenvalue weighted by Gasteiger charge is 2.53. The summed E-state index contributed by atoms with van der Waals surface area (Å²) in [5.41, 5.74) is 0.794. The van der Waals surface area contributed by atoms with Crippen molar-refractivity contribution in [1.82, 2.24) is 5.32 Å². The molecule has 1 aliphatic carbocycles. The van der Waals surface area contributed by atoms with Crippen molar-refractivity contribution in [3.63, 3.8) is 0 Å². The normalized spacial score (nSPS) is 31.5. The lowest BCUT2D eigenvalue weighted by Crippen LogP contribution is -2.52. The van der Waals surface area contributed by atoms with Crippen LogP contribution in [0.15, 0.2) is 23.2 Å². The molecule has 2 fully saturated rings. The van der Waals surface area contributed by atoms with Crippen LogP contribution >= 0.6 is 11.8 Å². The highest BCUT2D eigenvalue weighted by atomic mass is 32.2. The highest BCUT2D eigenvalue weighted by molar-refractivity contribution is 8.15. The quantitative estimate of drug-likeness (QED) is 0.838. The van der Waals surface area contributed by atoms with Crippen LogP contribution in [0.3, 0.4) is 0 Å².